The van der Waals surface area contributed by atoms with Gasteiger partial charge in [-0.1, -0.05) is 18.2 Å². The lowest BCUT2D eigenvalue weighted by molar-refractivity contribution is 0.0944. The van der Waals surface area contributed by atoms with E-state index in [1.165, 1.54) is 27.5 Å². The fourth-order valence-electron chi connectivity index (χ4n) is 3.86. The van der Waals surface area contributed by atoms with Crippen LogP contribution in [0.1, 0.15) is 29.8 Å². The largest absolute Gasteiger partial charge is 0.351 e. The summed E-state index contributed by atoms with van der Waals surface area (Å²) in [4.78, 5) is 12.7. The van der Waals surface area contributed by atoms with Crippen molar-refractivity contribution in [2.75, 3.05) is 19.6 Å². The monoisotopic (exact) mass is 414 g/mol. The van der Waals surface area contributed by atoms with Crippen molar-refractivity contribution in [3.8, 4) is 0 Å². The standard InChI is InChI=1S/C21H26N4O3S/c1-23-16-18(29(27,28)25-12-4-5-13-25)15-20(23)21(26)22-10-6-11-24-14-9-17-7-2-3-8-19(17)24/h2-3,7-9,14-16H,4-6,10-13H2,1H3,(H,22,26). The van der Waals surface area contributed by atoms with E-state index >= 15 is 0 Å². The molecular formula is C21H26N4O3S. The number of fused-ring (bicyclic) bond motifs is 1. The molecule has 1 fully saturated rings. The Balaban J connectivity index is 1.36. The van der Waals surface area contributed by atoms with Crippen molar-refractivity contribution in [3.05, 3.63) is 54.5 Å². The van der Waals surface area contributed by atoms with Gasteiger partial charge in [-0.15, -0.1) is 0 Å². The van der Waals surface area contributed by atoms with Gasteiger partial charge in [0.1, 0.15) is 10.6 Å². The molecule has 3 aromatic rings. The number of amides is 1. The van der Waals surface area contributed by atoms with E-state index in [-0.39, 0.29) is 10.8 Å². The van der Waals surface area contributed by atoms with Crippen LogP contribution in [0.25, 0.3) is 10.9 Å². The van der Waals surface area contributed by atoms with Crippen molar-refractivity contribution in [2.45, 2.75) is 30.7 Å². The molecule has 29 heavy (non-hydrogen) atoms. The molecule has 0 radical (unpaired) electrons. The van der Waals surface area contributed by atoms with E-state index in [0.717, 1.165) is 25.8 Å². The summed E-state index contributed by atoms with van der Waals surface area (Å²) in [5.74, 6) is -0.257. The number of hydrogen-bond acceptors (Lipinski definition) is 3. The highest BCUT2D eigenvalue weighted by Gasteiger charge is 2.29. The van der Waals surface area contributed by atoms with Gasteiger partial charge in [-0.3, -0.25) is 4.79 Å². The molecule has 4 rings (SSSR count). The normalized spacial score (nSPS) is 15.2. The molecule has 1 aliphatic rings. The second-order valence-corrected chi connectivity index (χ2v) is 9.40. The van der Waals surface area contributed by atoms with Gasteiger partial charge in [0.2, 0.25) is 10.0 Å². The molecule has 0 unspecified atom stereocenters. The Kier molecular flexibility index (Phi) is 5.47. The second kappa shape index (κ2) is 8.04. The minimum Gasteiger partial charge on any atom is -0.351 e. The number of nitrogens with one attached hydrogen (secondary N) is 1. The summed E-state index contributed by atoms with van der Waals surface area (Å²) in [6.07, 6.45) is 6.13. The summed E-state index contributed by atoms with van der Waals surface area (Å²) in [5.41, 5.74) is 1.53. The summed E-state index contributed by atoms with van der Waals surface area (Å²) in [6.45, 7) is 2.42. The van der Waals surface area contributed by atoms with Crippen molar-refractivity contribution >= 4 is 26.8 Å². The summed E-state index contributed by atoms with van der Waals surface area (Å²) < 4.78 is 30.6. The van der Waals surface area contributed by atoms with Crippen molar-refractivity contribution in [1.82, 2.24) is 18.8 Å². The zero-order valence-corrected chi connectivity index (χ0v) is 17.4. The molecule has 2 aromatic heterocycles. The fourth-order valence-corrected chi connectivity index (χ4v) is 5.44. The van der Waals surface area contributed by atoms with Crippen LogP contribution in [0.2, 0.25) is 0 Å². The molecule has 3 heterocycles. The van der Waals surface area contributed by atoms with E-state index in [9.17, 15) is 13.2 Å². The quantitative estimate of drug-likeness (QED) is 0.604. The molecule has 1 saturated heterocycles. The van der Waals surface area contributed by atoms with E-state index in [0.29, 0.717) is 25.3 Å². The Morgan fingerprint density at radius 2 is 1.90 bits per heavy atom. The van der Waals surface area contributed by atoms with E-state index in [1.807, 2.05) is 12.1 Å². The first kappa shape index (κ1) is 19.7. The predicted octanol–water partition coefficient (Wildman–Crippen LogP) is 2.58. The minimum absolute atomic E-state index is 0.186. The first-order chi connectivity index (χ1) is 14.0. The highest BCUT2D eigenvalue weighted by atomic mass is 32.2. The van der Waals surface area contributed by atoms with Gasteiger partial charge in [0.15, 0.2) is 0 Å². The maximum Gasteiger partial charge on any atom is 0.267 e. The lowest BCUT2D eigenvalue weighted by Gasteiger charge is -2.13. The molecule has 0 saturated carbocycles. The smallest absolute Gasteiger partial charge is 0.267 e. The van der Waals surface area contributed by atoms with Gasteiger partial charge in [0.05, 0.1) is 0 Å². The van der Waals surface area contributed by atoms with E-state index in [4.69, 9.17) is 0 Å². The lowest BCUT2D eigenvalue weighted by atomic mass is 10.2. The molecular weight excluding hydrogens is 388 g/mol. The van der Waals surface area contributed by atoms with Crippen LogP contribution in [-0.2, 0) is 23.6 Å². The topological polar surface area (TPSA) is 76.3 Å². The molecule has 0 atom stereocenters. The summed E-state index contributed by atoms with van der Waals surface area (Å²) >= 11 is 0. The third-order valence-corrected chi connectivity index (χ3v) is 7.32. The maximum absolute atomic E-state index is 12.7. The molecule has 1 aromatic carbocycles. The highest BCUT2D eigenvalue weighted by Crippen LogP contribution is 2.22. The third kappa shape index (κ3) is 3.95. The van der Waals surface area contributed by atoms with Gasteiger partial charge in [0.25, 0.3) is 5.91 Å². The van der Waals surface area contributed by atoms with Crippen LogP contribution in [0.5, 0.6) is 0 Å². The summed E-state index contributed by atoms with van der Waals surface area (Å²) in [6, 6.07) is 11.8. The molecule has 1 aliphatic heterocycles. The second-order valence-electron chi connectivity index (χ2n) is 7.46. The van der Waals surface area contributed by atoms with Crippen LogP contribution in [0.3, 0.4) is 0 Å². The van der Waals surface area contributed by atoms with Crippen LogP contribution in [0.4, 0.5) is 0 Å². The van der Waals surface area contributed by atoms with Gasteiger partial charge in [0, 0.05) is 51.1 Å². The summed E-state index contributed by atoms with van der Waals surface area (Å²) in [5, 5.41) is 4.10. The average Bonchev–Trinajstić information content (AvgIpc) is 3.45. The van der Waals surface area contributed by atoms with Crippen LogP contribution in [0.15, 0.2) is 53.7 Å². The number of benzene rings is 1. The molecule has 154 valence electrons. The lowest BCUT2D eigenvalue weighted by Crippen LogP contribution is -2.28. The summed E-state index contributed by atoms with van der Waals surface area (Å²) in [7, 11) is -1.82. The molecule has 7 nitrogen and oxygen atoms in total. The number of nitrogens with zero attached hydrogens (tertiary/aromatic N) is 3. The highest BCUT2D eigenvalue weighted by molar-refractivity contribution is 7.89. The number of rotatable bonds is 7. The number of hydrogen-bond donors (Lipinski definition) is 1. The van der Waals surface area contributed by atoms with Gasteiger partial charge in [-0.2, -0.15) is 4.31 Å². The number of carbonyl (C=O) groups excluding carboxylic acids is 1. The zero-order valence-electron chi connectivity index (χ0n) is 16.5. The number of aromatic nitrogens is 2. The van der Waals surface area contributed by atoms with Crippen molar-refractivity contribution < 1.29 is 13.2 Å². The number of carbonyl (C=O) groups is 1. The van der Waals surface area contributed by atoms with E-state index < -0.39 is 10.0 Å². The van der Waals surface area contributed by atoms with E-state index in [2.05, 4.69) is 34.3 Å². The Morgan fingerprint density at radius 3 is 2.69 bits per heavy atom. The first-order valence-corrected chi connectivity index (χ1v) is 11.4. The van der Waals surface area contributed by atoms with Crippen molar-refractivity contribution in [2.24, 2.45) is 7.05 Å². The maximum atomic E-state index is 12.7. The zero-order chi connectivity index (χ0) is 20.4. The molecule has 1 amide bonds. The van der Waals surface area contributed by atoms with Gasteiger partial charge in [-0.25, -0.2) is 8.42 Å². The molecule has 0 aliphatic carbocycles. The van der Waals surface area contributed by atoms with Gasteiger partial charge >= 0.3 is 0 Å². The Morgan fingerprint density at radius 1 is 1.14 bits per heavy atom. The SMILES string of the molecule is Cn1cc(S(=O)(=O)N2CCCC2)cc1C(=O)NCCCn1ccc2ccccc21. The van der Waals surface area contributed by atoms with Crippen LogP contribution >= 0.6 is 0 Å². The Labute approximate surface area is 171 Å². The molecule has 1 N–H and O–H groups in total. The molecule has 0 bridgehead atoms. The predicted molar refractivity (Wildman–Crippen MR) is 112 cm³/mol. The fraction of sp³-hybridized carbons (Fsp3) is 0.381. The number of para-hydroxylation sites is 1. The van der Waals surface area contributed by atoms with Crippen LogP contribution in [-0.4, -0.2) is 47.4 Å². The minimum atomic E-state index is -3.52. The Bertz CT molecular complexity index is 1120. The first-order valence-electron chi connectivity index (χ1n) is 9.95. The number of aryl methyl sites for hydroxylation is 2. The number of sulfonamides is 1. The Hall–Kier alpha value is -2.58. The van der Waals surface area contributed by atoms with Crippen LogP contribution < -0.4 is 5.32 Å². The van der Waals surface area contributed by atoms with E-state index in [1.54, 1.807) is 11.6 Å². The van der Waals surface area contributed by atoms with Crippen molar-refractivity contribution in [3.63, 3.8) is 0 Å². The molecule has 8 heteroatoms. The van der Waals surface area contributed by atoms with Crippen molar-refractivity contribution in [1.29, 1.82) is 0 Å². The third-order valence-electron chi connectivity index (χ3n) is 5.46. The van der Waals surface area contributed by atoms with Gasteiger partial charge < -0.3 is 14.5 Å². The van der Waals surface area contributed by atoms with Gasteiger partial charge in [-0.05, 0) is 42.8 Å². The van der Waals surface area contributed by atoms with Crippen LogP contribution in [0, 0.1) is 0 Å². The average molecular weight is 415 g/mol. The molecule has 0 spiro atoms.